The molecule has 0 aliphatic heterocycles. The molecule has 0 amide bonds. The van der Waals surface area contributed by atoms with Crippen LogP contribution in [0.1, 0.15) is 31.4 Å². The minimum atomic E-state index is -4.02. The monoisotopic (exact) mass is 407 g/mol. The van der Waals surface area contributed by atoms with Crippen molar-refractivity contribution in [2.45, 2.75) is 44.7 Å². The predicted octanol–water partition coefficient (Wildman–Crippen LogP) is 3.61. The largest absolute Gasteiger partial charge is 0.460 e. The molecule has 2 aromatic rings. The fraction of sp³-hybridized carbons (Fsp3) is 0.381. The molecule has 28 heavy (non-hydrogen) atoms. The van der Waals surface area contributed by atoms with Crippen LogP contribution in [0.2, 0.25) is 0 Å². The fourth-order valence-electron chi connectivity index (χ4n) is 2.40. The Kier molecular flexibility index (Phi) is 9.85. The third kappa shape index (κ3) is 8.21. The molecule has 154 valence electrons. The van der Waals surface area contributed by atoms with Gasteiger partial charge in [0, 0.05) is 0 Å². The first-order valence-electron chi connectivity index (χ1n) is 9.11. The lowest BCUT2D eigenvalue weighted by molar-refractivity contribution is -0.148. The van der Waals surface area contributed by atoms with E-state index >= 15 is 0 Å². The zero-order valence-corrected chi connectivity index (χ0v) is 17.6. The minimum Gasteiger partial charge on any atom is -0.460 e. The molecule has 0 heterocycles. The molecular weight excluding hydrogens is 378 g/mol. The molecule has 0 aromatic heterocycles. The summed E-state index contributed by atoms with van der Waals surface area (Å²) in [6.45, 7) is 6.30. The van der Waals surface area contributed by atoms with Crippen molar-refractivity contribution in [2.24, 2.45) is 5.92 Å². The summed E-state index contributed by atoms with van der Waals surface area (Å²) in [6.07, 6.45) is 0.950. The lowest BCUT2D eigenvalue weighted by Crippen LogP contribution is -2.40. The molecule has 0 saturated carbocycles. The number of likely N-dealkylation sites (N-methyl/N-ethyl adjacent to an activating group) is 1. The molecule has 0 aliphatic rings. The van der Waals surface area contributed by atoms with Crippen molar-refractivity contribution in [3.8, 4) is 0 Å². The van der Waals surface area contributed by atoms with E-state index in [0.29, 0.717) is 6.61 Å². The molecule has 6 nitrogen and oxygen atoms in total. The number of aryl methyl sites for hydroxylation is 1. The van der Waals surface area contributed by atoms with Gasteiger partial charge in [-0.3, -0.25) is 9.35 Å². The van der Waals surface area contributed by atoms with Crippen LogP contribution >= 0.6 is 0 Å². The van der Waals surface area contributed by atoms with Gasteiger partial charge in [-0.25, -0.2) is 0 Å². The quantitative estimate of drug-likeness (QED) is 0.538. The van der Waals surface area contributed by atoms with E-state index < -0.39 is 10.1 Å². The van der Waals surface area contributed by atoms with Crippen LogP contribution in [0, 0.1) is 12.8 Å². The summed E-state index contributed by atoms with van der Waals surface area (Å²) in [4.78, 5) is 11.8. The van der Waals surface area contributed by atoms with Gasteiger partial charge in [0.15, 0.2) is 0 Å². The Balaban J connectivity index is 0.000000307. The van der Waals surface area contributed by atoms with E-state index in [-0.39, 0.29) is 22.8 Å². The molecule has 7 heteroatoms. The van der Waals surface area contributed by atoms with Crippen LogP contribution in [0.4, 0.5) is 0 Å². The van der Waals surface area contributed by atoms with Crippen molar-refractivity contribution in [3.05, 3.63) is 65.7 Å². The molecule has 2 aromatic carbocycles. The van der Waals surface area contributed by atoms with Crippen LogP contribution in [0.3, 0.4) is 0 Å². The van der Waals surface area contributed by atoms with Crippen molar-refractivity contribution in [2.75, 3.05) is 7.05 Å². The van der Waals surface area contributed by atoms with E-state index in [1.807, 2.05) is 44.2 Å². The van der Waals surface area contributed by atoms with Crippen molar-refractivity contribution >= 4 is 16.1 Å². The molecule has 0 radical (unpaired) electrons. The average molecular weight is 408 g/mol. The van der Waals surface area contributed by atoms with E-state index in [1.54, 1.807) is 19.2 Å². The van der Waals surface area contributed by atoms with Crippen LogP contribution in [0.15, 0.2) is 59.5 Å². The van der Waals surface area contributed by atoms with Gasteiger partial charge in [0.25, 0.3) is 10.1 Å². The van der Waals surface area contributed by atoms with Crippen LogP contribution in [0.25, 0.3) is 0 Å². The highest BCUT2D eigenvalue weighted by atomic mass is 32.2. The van der Waals surface area contributed by atoms with Crippen LogP contribution in [-0.4, -0.2) is 32.0 Å². The normalized spacial score (nSPS) is 13.0. The molecule has 0 aliphatic carbocycles. The van der Waals surface area contributed by atoms with Gasteiger partial charge >= 0.3 is 5.97 Å². The maximum Gasteiger partial charge on any atom is 0.323 e. The number of nitrogens with one attached hydrogen (secondary N) is 1. The third-order valence-corrected chi connectivity index (χ3v) is 5.19. The van der Waals surface area contributed by atoms with Crippen LogP contribution < -0.4 is 5.32 Å². The highest BCUT2D eigenvalue weighted by Crippen LogP contribution is 2.10. The topological polar surface area (TPSA) is 92.7 Å². The minimum absolute atomic E-state index is 0.0666. The summed E-state index contributed by atoms with van der Waals surface area (Å²) in [5, 5.41) is 3.01. The second-order valence-corrected chi connectivity index (χ2v) is 7.95. The smallest absolute Gasteiger partial charge is 0.323 e. The van der Waals surface area contributed by atoms with E-state index in [9.17, 15) is 13.2 Å². The molecule has 2 atom stereocenters. The van der Waals surface area contributed by atoms with E-state index in [2.05, 4.69) is 12.2 Å². The van der Waals surface area contributed by atoms with Gasteiger partial charge < -0.3 is 10.1 Å². The molecule has 0 fully saturated rings. The molecule has 0 saturated heterocycles. The van der Waals surface area contributed by atoms with Gasteiger partial charge in [-0.15, -0.1) is 0 Å². The second-order valence-electron chi connectivity index (χ2n) is 6.53. The van der Waals surface area contributed by atoms with Gasteiger partial charge in [0.1, 0.15) is 12.6 Å². The second kappa shape index (κ2) is 11.6. The average Bonchev–Trinajstić information content (AvgIpc) is 2.67. The summed E-state index contributed by atoms with van der Waals surface area (Å²) in [7, 11) is -2.23. The number of hydrogen-bond donors (Lipinski definition) is 2. The van der Waals surface area contributed by atoms with Crippen LogP contribution in [0.5, 0.6) is 0 Å². The summed E-state index contributed by atoms with van der Waals surface area (Å²) in [6, 6.07) is 15.5. The van der Waals surface area contributed by atoms with E-state index in [0.717, 1.165) is 17.5 Å². The Morgan fingerprint density at radius 1 is 1.11 bits per heavy atom. The van der Waals surface area contributed by atoms with Gasteiger partial charge in [0.05, 0.1) is 4.90 Å². The van der Waals surface area contributed by atoms with Gasteiger partial charge in [-0.1, -0.05) is 68.3 Å². The van der Waals surface area contributed by atoms with Crippen molar-refractivity contribution in [3.63, 3.8) is 0 Å². The first kappa shape index (κ1) is 23.8. The van der Waals surface area contributed by atoms with Gasteiger partial charge in [-0.05, 0) is 37.6 Å². The van der Waals surface area contributed by atoms with Gasteiger partial charge in [-0.2, -0.15) is 8.42 Å². The van der Waals surface area contributed by atoms with E-state index in [4.69, 9.17) is 9.29 Å². The molecule has 2 N–H and O–H groups in total. The Hall–Kier alpha value is -2.22. The Labute approximate surface area is 167 Å². The number of hydrogen-bond acceptors (Lipinski definition) is 5. The fourth-order valence-corrected chi connectivity index (χ4v) is 2.88. The Morgan fingerprint density at radius 2 is 1.68 bits per heavy atom. The first-order chi connectivity index (χ1) is 13.2. The van der Waals surface area contributed by atoms with Crippen molar-refractivity contribution in [1.82, 2.24) is 5.32 Å². The molecular formula is C21H29NO5S. The van der Waals surface area contributed by atoms with Gasteiger partial charge in [0.2, 0.25) is 0 Å². The molecule has 0 spiro atoms. The number of benzene rings is 2. The summed E-state index contributed by atoms with van der Waals surface area (Å²) in [5.41, 5.74) is 1.97. The number of rotatable bonds is 7. The van der Waals surface area contributed by atoms with Crippen molar-refractivity contribution in [1.29, 1.82) is 0 Å². The highest BCUT2D eigenvalue weighted by molar-refractivity contribution is 7.85. The molecule has 0 bridgehead atoms. The zero-order chi connectivity index (χ0) is 21.2. The summed E-state index contributed by atoms with van der Waals surface area (Å²) >= 11 is 0. The summed E-state index contributed by atoms with van der Waals surface area (Å²) < 4.78 is 34.9. The lowest BCUT2D eigenvalue weighted by atomic mass is 10.00. The highest BCUT2D eigenvalue weighted by Gasteiger charge is 2.23. The molecule has 0 unspecified atom stereocenters. The maximum absolute atomic E-state index is 11.9. The summed E-state index contributed by atoms with van der Waals surface area (Å²) in [5.74, 6) is 0.106. The maximum atomic E-state index is 11.9. The Morgan fingerprint density at radius 3 is 2.14 bits per heavy atom. The molecule has 2 rings (SSSR count). The number of carbonyl (C=O) groups excluding carboxylic acids is 1. The third-order valence-electron chi connectivity index (χ3n) is 4.32. The zero-order valence-electron chi connectivity index (χ0n) is 16.8. The number of esters is 1. The predicted molar refractivity (Wildman–Crippen MR) is 110 cm³/mol. The Bertz CT molecular complexity index is 820. The number of ether oxygens (including phenoxy) is 1. The lowest BCUT2D eigenvalue weighted by Gasteiger charge is -2.20. The number of carbonyl (C=O) groups is 1. The van der Waals surface area contributed by atoms with E-state index in [1.165, 1.54) is 12.1 Å². The first-order valence-corrected chi connectivity index (χ1v) is 10.5. The SMILES string of the molecule is CC[C@H](C)[C@H](NC)C(=O)OCc1ccccc1.Cc1ccc(S(=O)(=O)O)cc1. The standard InChI is InChI=1S/C14H21NO2.C7H8O3S/c1-4-11(2)13(15-3)14(16)17-10-12-8-6-5-7-9-12;1-6-2-4-7(5-3-6)11(8,9)10/h5-9,11,13,15H,4,10H2,1-3H3;2-5H,1H3,(H,8,9,10)/t11-,13-;/m0./s1. The van der Waals surface area contributed by atoms with Crippen LogP contribution in [-0.2, 0) is 26.3 Å². The van der Waals surface area contributed by atoms with Crippen molar-refractivity contribution < 1.29 is 22.5 Å².